The third-order valence-corrected chi connectivity index (χ3v) is 3.83. The first kappa shape index (κ1) is 15.5. The first-order chi connectivity index (χ1) is 8.54. The predicted molar refractivity (Wildman–Crippen MR) is 80.0 cm³/mol. The molecule has 2 atom stereocenters. The molecule has 0 saturated heterocycles. The van der Waals surface area contributed by atoms with Gasteiger partial charge in [0.05, 0.1) is 0 Å². The normalized spacial score (nSPS) is 14.8. The van der Waals surface area contributed by atoms with Gasteiger partial charge in [-0.3, -0.25) is 0 Å². The summed E-state index contributed by atoms with van der Waals surface area (Å²) < 4.78 is 0. The largest absolute Gasteiger partial charge is 0.330 e. The molecule has 0 saturated carbocycles. The number of benzene rings is 1. The van der Waals surface area contributed by atoms with Gasteiger partial charge in [-0.2, -0.15) is 0 Å². The first-order valence-electron chi connectivity index (χ1n) is 6.71. The van der Waals surface area contributed by atoms with Crippen LogP contribution in [-0.2, 0) is 6.42 Å². The maximum atomic E-state index is 6.16. The number of hydrogen-bond acceptors (Lipinski definition) is 2. The van der Waals surface area contributed by atoms with E-state index in [4.69, 9.17) is 17.3 Å². The molecule has 2 unspecified atom stereocenters. The van der Waals surface area contributed by atoms with E-state index in [9.17, 15) is 0 Å². The summed E-state index contributed by atoms with van der Waals surface area (Å²) in [5.74, 6) is 1.16. The van der Waals surface area contributed by atoms with Crippen molar-refractivity contribution in [2.45, 2.75) is 33.2 Å². The van der Waals surface area contributed by atoms with Gasteiger partial charge in [0.2, 0.25) is 0 Å². The van der Waals surface area contributed by atoms with Gasteiger partial charge >= 0.3 is 0 Å². The highest BCUT2D eigenvalue weighted by Crippen LogP contribution is 2.16. The molecule has 1 aromatic rings. The second kappa shape index (κ2) is 7.78. The van der Waals surface area contributed by atoms with Gasteiger partial charge in [0.15, 0.2) is 0 Å². The molecule has 0 aliphatic heterocycles. The molecule has 0 aliphatic rings. The summed E-state index contributed by atoms with van der Waals surface area (Å²) in [6, 6.07) is 8.44. The fourth-order valence-corrected chi connectivity index (χ4v) is 2.22. The van der Waals surface area contributed by atoms with Crippen LogP contribution in [0.1, 0.15) is 26.3 Å². The molecule has 0 aliphatic carbocycles. The van der Waals surface area contributed by atoms with E-state index in [-0.39, 0.29) is 0 Å². The molecule has 0 aromatic heterocycles. The Balaban J connectivity index is 2.42. The Morgan fingerprint density at radius 2 is 1.89 bits per heavy atom. The SMILES string of the molecule is CC(Cc1ccccc1Cl)NCC(CN)C(C)C. The van der Waals surface area contributed by atoms with Crippen LogP contribution in [0.5, 0.6) is 0 Å². The van der Waals surface area contributed by atoms with Crippen LogP contribution in [0.15, 0.2) is 24.3 Å². The summed E-state index contributed by atoms with van der Waals surface area (Å²) in [6.07, 6.45) is 0.953. The summed E-state index contributed by atoms with van der Waals surface area (Å²) in [4.78, 5) is 0. The molecule has 102 valence electrons. The Bertz CT molecular complexity index is 352. The van der Waals surface area contributed by atoms with Crippen LogP contribution in [0, 0.1) is 11.8 Å². The van der Waals surface area contributed by atoms with Crippen molar-refractivity contribution < 1.29 is 0 Å². The smallest absolute Gasteiger partial charge is 0.0438 e. The highest BCUT2D eigenvalue weighted by molar-refractivity contribution is 6.31. The summed E-state index contributed by atoms with van der Waals surface area (Å²) in [5.41, 5.74) is 6.98. The second-order valence-corrected chi connectivity index (χ2v) is 5.75. The minimum Gasteiger partial charge on any atom is -0.330 e. The summed E-state index contributed by atoms with van der Waals surface area (Å²) in [7, 11) is 0. The van der Waals surface area contributed by atoms with Crippen molar-refractivity contribution in [1.82, 2.24) is 5.32 Å². The Hall–Kier alpha value is -0.570. The molecule has 3 N–H and O–H groups in total. The van der Waals surface area contributed by atoms with E-state index in [1.807, 2.05) is 18.2 Å². The van der Waals surface area contributed by atoms with Crippen LogP contribution in [0.4, 0.5) is 0 Å². The van der Waals surface area contributed by atoms with E-state index >= 15 is 0 Å². The van der Waals surface area contributed by atoms with Crippen LogP contribution in [0.2, 0.25) is 5.02 Å². The molecule has 0 radical (unpaired) electrons. The molecular formula is C15H25ClN2. The molecule has 1 aromatic carbocycles. The molecule has 2 nitrogen and oxygen atoms in total. The minimum absolute atomic E-state index is 0.415. The maximum absolute atomic E-state index is 6.16. The minimum atomic E-state index is 0.415. The third-order valence-electron chi connectivity index (χ3n) is 3.46. The van der Waals surface area contributed by atoms with E-state index < -0.39 is 0 Å². The lowest BCUT2D eigenvalue weighted by molar-refractivity contribution is 0.354. The van der Waals surface area contributed by atoms with Gasteiger partial charge in [-0.15, -0.1) is 0 Å². The van der Waals surface area contributed by atoms with Crippen LogP contribution in [0.3, 0.4) is 0 Å². The van der Waals surface area contributed by atoms with E-state index in [1.165, 1.54) is 5.56 Å². The highest BCUT2D eigenvalue weighted by atomic mass is 35.5. The standard InChI is InChI=1S/C15H25ClN2/c1-11(2)14(9-17)10-18-12(3)8-13-6-4-5-7-15(13)16/h4-7,11-12,14,18H,8-10,17H2,1-3H3. The maximum Gasteiger partial charge on any atom is 0.0438 e. The summed E-state index contributed by atoms with van der Waals surface area (Å²) in [5, 5.41) is 4.40. The van der Waals surface area contributed by atoms with Crippen molar-refractivity contribution in [3.8, 4) is 0 Å². The van der Waals surface area contributed by atoms with Crippen molar-refractivity contribution in [1.29, 1.82) is 0 Å². The molecule has 0 bridgehead atoms. The van der Waals surface area contributed by atoms with Gasteiger partial charge in [0.25, 0.3) is 0 Å². The molecule has 1 rings (SSSR count). The van der Waals surface area contributed by atoms with Gasteiger partial charge in [0, 0.05) is 11.1 Å². The quantitative estimate of drug-likeness (QED) is 0.798. The molecule has 18 heavy (non-hydrogen) atoms. The lowest BCUT2D eigenvalue weighted by atomic mass is 9.95. The van der Waals surface area contributed by atoms with Crippen LogP contribution >= 0.6 is 11.6 Å². The zero-order chi connectivity index (χ0) is 13.5. The van der Waals surface area contributed by atoms with Crippen molar-refractivity contribution in [3.63, 3.8) is 0 Å². The average molecular weight is 269 g/mol. The highest BCUT2D eigenvalue weighted by Gasteiger charge is 2.13. The molecule has 0 heterocycles. The number of halogens is 1. The van der Waals surface area contributed by atoms with Gasteiger partial charge in [-0.1, -0.05) is 43.6 Å². The average Bonchev–Trinajstić information content (AvgIpc) is 2.32. The van der Waals surface area contributed by atoms with Crippen molar-refractivity contribution in [2.75, 3.05) is 13.1 Å². The van der Waals surface area contributed by atoms with Gasteiger partial charge in [-0.25, -0.2) is 0 Å². The third kappa shape index (κ3) is 4.97. The molecular weight excluding hydrogens is 244 g/mol. The topological polar surface area (TPSA) is 38.0 Å². The molecule has 0 fully saturated rings. The zero-order valence-corrected chi connectivity index (χ0v) is 12.4. The Morgan fingerprint density at radius 3 is 2.44 bits per heavy atom. The lowest BCUT2D eigenvalue weighted by Gasteiger charge is -2.22. The van der Waals surface area contributed by atoms with Crippen LogP contribution < -0.4 is 11.1 Å². The van der Waals surface area contributed by atoms with Crippen LogP contribution in [0.25, 0.3) is 0 Å². The second-order valence-electron chi connectivity index (χ2n) is 5.34. The fraction of sp³-hybridized carbons (Fsp3) is 0.600. The van der Waals surface area contributed by atoms with Crippen molar-refractivity contribution >= 4 is 11.6 Å². The number of rotatable bonds is 7. The van der Waals surface area contributed by atoms with Gasteiger partial charge in [-0.05, 0) is 49.9 Å². The molecule has 3 heteroatoms. The number of nitrogens with one attached hydrogen (secondary N) is 1. The Kier molecular flexibility index (Phi) is 6.69. The van der Waals surface area contributed by atoms with Gasteiger partial charge < -0.3 is 11.1 Å². The fourth-order valence-electron chi connectivity index (χ4n) is 2.01. The first-order valence-corrected chi connectivity index (χ1v) is 7.09. The van der Waals surface area contributed by atoms with Gasteiger partial charge in [0.1, 0.15) is 0 Å². The summed E-state index contributed by atoms with van der Waals surface area (Å²) in [6.45, 7) is 8.34. The molecule has 0 spiro atoms. The van der Waals surface area contributed by atoms with E-state index in [0.717, 1.165) is 24.5 Å². The van der Waals surface area contributed by atoms with Crippen molar-refractivity contribution in [2.24, 2.45) is 17.6 Å². The molecule has 0 amide bonds. The van der Waals surface area contributed by atoms with Crippen LogP contribution in [-0.4, -0.2) is 19.1 Å². The zero-order valence-electron chi connectivity index (χ0n) is 11.6. The number of hydrogen-bond donors (Lipinski definition) is 2. The lowest BCUT2D eigenvalue weighted by Crippen LogP contribution is -2.37. The summed E-state index contributed by atoms with van der Waals surface area (Å²) >= 11 is 6.16. The van der Waals surface area contributed by atoms with E-state index in [2.05, 4.69) is 32.2 Å². The van der Waals surface area contributed by atoms with E-state index in [0.29, 0.717) is 17.9 Å². The van der Waals surface area contributed by atoms with Crippen molar-refractivity contribution in [3.05, 3.63) is 34.9 Å². The number of nitrogens with two attached hydrogens (primary N) is 1. The predicted octanol–water partition coefficient (Wildman–Crippen LogP) is 3.09. The monoisotopic (exact) mass is 268 g/mol. The Morgan fingerprint density at radius 1 is 1.22 bits per heavy atom. The Labute approximate surface area is 116 Å². The van der Waals surface area contributed by atoms with E-state index in [1.54, 1.807) is 0 Å².